The summed E-state index contributed by atoms with van der Waals surface area (Å²) in [6, 6.07) is 14.5. The third-order valence-electron chi connectivity index (χ3n) is 4.78. The van der Waals surface area contributed by atoms with Crippen LogP contribution in [0.3, 0.4) is 0 Å². The van der Waals surface area contributed by atoms with Gasteiger partial charge in [-0.1, -0.05) is 18.2 Å². The molecule has 0 radical (unpaired) electrons. The van der Waals surface area contributed by atoms with Crippen LogP contribution in [0.1, 0.15) is 33.0 Å². The fourth-order valence-electron chi connectivity index (χ4n) is 3.19. The summed E-state index contributed by atoms with van der Waals surface area (Å²) in [7, 11) is 1.46. The molecule has 3 rings (SSSR count). The predicted octanol–water partition coefficient (Wildman–Crippen LogP) is 6.54. The Labute approximate surface area is 214 Å². The van der Waals surface area contributed by atoms with Crippen molar-refractivity contribution in [3.63, 3.8) is 0 Å². The van der Waals surface area contributed by atoms with E-state index in [-0.39, 0.29) is 22.6 Å². The van der Waals surface area contributed by atoms with Crippen LogP contribution in [0.4, 0.5) is 18.9 Å². The normalized spacial score (nSPS) is 12.0. The second-order valence-corrected chi connectivity index (χ2v) is 9.28. The van der Waals surface area contributed by atoms with Crippen molar-refractivity contribution in [2.24, 2.45) is 0 Å². The number of phenolic OH excluding ortho intramolecular Hbond substituents is 1. The molecule has 0 heterocycles. The number of aromatic hydroxyl groups is 1. The molecule has 0 bridgehead atoms. The first kappa shape index (κ1) is 25.1. The van der Waals surface area contributed by atoms with E-state index in [4.69, 9.17) is 4.74 Å². The minimum Gasteiger partial charge on any atom is -0.506 e. The summed E-state index contributed by atoms with van der Waals surface area (Å²) >= 11 is 3.83. The SMILES string of the molecule is COc1ccc(C(C#N)c2ccc(NC(=O)c3cc(I)cc(I)c3O)cc2C(F)(F)F)cc1. The molecule has 1 unspecified atom stereocenters. The molecule has 0 fully saturated rings. The van der Waals surface area contributed by atoms with E-state index in [9.17, 15) is 28.3 Å². The Hall–Kier alpha value is -2.53. The number of nitriles is 1. The van der Waals surface area contributed by atoms with E-state index in [1.165, 1.54) is 37.4 Å². The molecule has 1 atom stereocenters. The van der Waals surface area contributed by atoms with E-state index in [2.05, 4.69) is 5.32 Å². The number of hydrogen-bond donors (Lipinski definition) is 2. The number of hydrogen-bond acceptors (Lipinski definition) is 4. The summed E-state index contributed by atoms with van der Waals surface area (Å²) in [5.41, 5.74) is -1.07. The highest BCUT2D eigenvalue weighted by molar-refractivity contribution is 14.1. The standard InChI is InChI=1S/C23H15F3I2N2O3/c1-33-15-5-2-12(3-6-15)18(11-29)16-7-4-14(10-19(16)23(24,25)26)30-22(32)17-8-13(27)9-20(28)21(17)31/h2-10,18,31H,1H3,(H,30,32). The van der Waals surface area contributed by atoms with E-state index < -0.39 is 23.6 Å². The minimum atomic E-state index is -4.77. The van der Waals surface area contributed by atoms with Gasteiger partial charge in [-0.15, -0.1) is 0 Å². The average molecular weight is 678 g/mol. The number of alkyl halides is 3. The first-order valence-corrected chi connectivity index (χ1v) is 11.4. The fourth-order valence-corrected chi connectivity index (χ4v) is 5.03. The number of ether oxygens (including phenoxy) is 1. The Kier molecular flexibility index (Phi) is 7.73. The summed E-state index contributed by atoms with van der Waals surface area (Å²) in [5.74, 6) is -1.68. The average Bonchev–Trinajstić information content (AvgIpc) is 2.77. The Balaban J connectivity index is 2.00. The third kappa shape index (κ3) is 5.70. The first-order valence-electron chi connectivity index (χ1n) is 9.29. The largest absolute Gasteiger partial charge is 0.506 e. The number of amides is 1. The molecular weight excluding hydrogens is 663 g/mol. The zero-order valence-corrected chi connectivity index (χ0v) is 21.2. The van der Waals surface area contributed by atoms with Crippen molar-refractivity contribution >= 4 is 56.8 Å². The number of rotatable bonds is 5. The Morgan fingerprint density at radius 1 is 1.12 bits per heavy atom. The van der Waals surface area contributed by atoms with Gasteiger partial charge in [0, 0.05) is 9.26 Å². The maximum atomic E-state index is 13.9. The van der Waals surface area contributed by atoms with Gasteiger partial charge < -0.3 is 15.2 Å². The van der Waals surface area contributed by atoms with Crippen LogP contribution < -0.4 is 10.1 Å². The van der Waals surface area contributed by atoms with E-state index >= 15 is 0 Å². The molecule has 0 aliphatic rings. The number of benzene rings is 3. The molecule has 0 aliphatic heterocycles. The Morgan fingerprint density at radius 3 is 2.36 bits per heavy atom. The molecule has 0 aromatic heterocycles. The van der Waals surface area contributed by atoms with Gasteiger partial charge in [0.25, 0.3) is 5.91 Å². The van der Waals surface area contributed by atoms with Gasteiger partial charge in [-0.3, -0.25) is 4.79 Å². The van der Waals surface area contributed by atoms with E-state index in [1.54, 1.807) is 18.2 Å². The molecule has 0 aliphatic carbocycles. The summed E-state index contributed by atoms with van der Waals surface area (Å²) in [6.45, 7) is 0. The van der Waals surface area contributed by atoms with Gasteiger partial charge in [0.05, 0.1) is 33.8 Å². The molecular formula is C23H15F3I2N2O3. The topological polar surface area (TPSA) is 82.3 Å². The number of carbonyl (C=O) groups excluding carboxylic acids is 1. The van der Waals surface area contributed by atoms with Gasteiger partial charge >= 0.3 is 6.18 Å². The predicted molar refractivity (Wildman–Crippen MR) is 133 cm³/mol. The second kappa shape index (κ2) is 10.2. The van der Waals surface area contributed by atoms with Crippen LogP contribution in [0.2, 0.25) is 0 Å². The Morgan fingerprint density at radius 2 is 1.79 bits per heavy atom. The van der Waals surface area contributed by atoms with Crippen LogP contribution in [0, 0.1) is 18.5 Å². The number of halogens is 5. The van der Waals surface area contributed by atoms with Crippen molar-refractivity contribution in [2.45, 2.75) is 12.1 Å². The van der Waals surface area contributed by atoms with Crippen molar-refractivity contribution in [3.05, 3.63) is 84.0 Å². The minimum absolute atomic E-state index is 0.0583. The number of methoxy groups -OCH3 is 1. The van der Waals surface area contributed by atoms with Gasteiger partial charge in [0.2, 0.25) is 0 Å². The van der Waals surface area contributed by atoms with Gasteiger partial charge in [-0.2, -0.15) is 18.4 Å². The lowest BCUT2D eigenvalue weighted by Gasteiger charge is -2.19. The van der Waals surface area contributed by atoms with E-state index in [1.807, 2.05) is 51.3 Å². The molecule has 33 heavy (non-hydrogen) atoms. The quantitative estimate of drug-likeness (QED) is 0.301. The zero-order chi connectivity index (χ0) is 24.3. The smallest absolute Gasteiger partial charge is 0.416 e. The zero-order valence-electron chi connectivity index (χ0n) is 16.9. The molecule has 2 N–H and O–H groups in total. The number of carbonyl (C=O) groups is 1. The molecule has 0 saturated heterocycles. The molecule has 1 amide bonds. The van der Waals surface area contributed by atoms with Crippen LogP contribution in [-0.4, -0.2) is 18.1 Å². The van der Waals surface area contributed by atoms with Crippen molar-refractivity contribution < 1.29 is 27.8 Å². The monoisotopic (exact) mass is 678 g/mol. The first-order chi connectivity index (χ1) is 15.5. The highest BCUT2D eigenvalue weighted by Gasteiger charge is 2.36. The summed E-state index contributed by atoms with van der Waals surface area (Å²) in [6.07, 6.45) is -4.77. The lowest BCUT2D eigenvalue weighted by molar-refractivity contribution is -0.138. The molecule has 3 aromatic rings. The molecule has 10 heteroatoms. The molecule has 5 nitrogen and oxygen atoms in total. The highest BCUT2D eigenvalue weighted by atomic mass is 127. The fraction of sp³-hybridized carbons (Fsp3) is 0.130. The maximum Gasteiger partial charge on any atom is 0.416 e. The number of nitrogens with one attached hydrogen (secondary N) is 1. The van der Waals surface area contributed by atoms with Gasteiger partial charge in [0.15, 0.2) is 0 Å². The number of anilines is 1. The van der Waals surface area contributed by atoms with Gasteiger partial charge in [0.1, 0.15) is 11.5 Å². The molecule has 3 aromatic carbocycles. The summed E-state index contributed by atoms with van der Waals surface area (Å²) < 4.78 is 47.9. The molecule has 0 spiro atoms. The van der Waals surface area contributed by atoms with Crippen molar-refractivity contribution in [1.82, 2.24) is 0 Å². The van der Waals surface area contributed by atoms with Crippen LogP contribution >= 0.6 is 45.2 Å². The van der Waals surface area contributed by atoms with Crippen LogP contribution in [0.25, 0.3) is 0 Å². The number of nitrogens with zero attached hydrogens (tertiary/aromatic N) is 1. The van der Waals surface area contributed by atoms with E-state index in [0.717, 1.165) is 6.07 Å². The summed E-state index contributed by atoms with van der Waals surface area (Å²) in [5, 5.41) is 22.2. The van der Waals surface area contributed by atoms with Crippen molar-refractivity contribution in [3.8, 4) is 17.6 Å². The lowest BCUT2D eigenvalue weighted by Crippen LogP contribution is -2.16. The van der Waals surface area contributed by atoms with Crippen molar-refractivity contribution in [2.75, 3.05) is 12.4 Å². The Bertz CT molecular complexity index is 1240. The molecule has 0 saturated carbocycles. The van der Waals surface area contributed by atoms with E-state index in [0.29, 0.717) is 18.5 Å². The third-order valence-corrected chi connectivity index (χ3v) is 6.22. The van der Waals surface area contributed by atoms with Crippen molar-refractivity contribution in [1.29, 1.82) is 5.26 Å². The van der Waals surface area contributed by atoms with Gasteiger partial charge in [-0.05, 0) is 92.7 Å². The van der Waals surface area contributed by atoms with Gasteiger partial charge in [-0.25, -0.2) is 0 Å². The maximum absolute atomic E-state index is 13.9. The number of phenols is 1. The van der Waals surface area contributed by atoms with Crippen LogP contribution in [0.15, 0.2) is 54.6 Å². The highest BCUT2D eigenvalue weighted by Crippen LogP contribution is 2.39. The van der Waals surface area contributed by atoms with Crippen LogP contribution in [0.5, 0.6) is 11.5 Å². The van der Waals surface area contributed by atoms with Crippen LogP contribution in [-0.2, 0) is 6.18 Å². The molecule has 170 valence electrons. The summed E-state index contributed by atoms with van der Waals surface area (Å²) in [4.78, 5) is 12.6. The lowest BCUT2D eigenvalue weighted by atomic mass is 9.88. The second-order valence-electron chi connectivity index (χ2n) is 6.87.